The van der Waals surface area contributed by atoms with Crippen LogP contribution in [0.15, 0.2) is 4.99 Å². The maximum Gasteiger partial charge on any atom is 0.314 e. The molecule has 1 aliphatic rings. The van der Waals surface area contributed by atoms with E-state index in [0.717, 1.165) is 64.2 Å². The Labute approximate surface area is 165 Å². The van der Waals surface area contributed by atoms with E-state index >= 15 is 0 Å². The van der Waals surface area contributed by atoms with Gasteiger partial charge in [0.2, 0.25) is 0 Å². The number of hydrogen-bond donors (Lipinski definition) is 0. The Bertz CT molecular complexity index is 467. The second-order valence-electron chi connectivity index (χ2n) is 8.49. The van der Waals surface area contributed by atoms with Crippen molar-refractivity contribution in [1.29, 1.82) is 0 Å². The minimum atomic E-state index is -0.468. The molecule has 5 nitrogen and oxygen atoms in total. The number of hydrogen-bond acceptors (Lipinski definition) is 5. The summed E-state index contributed by atoms with van der Waals surface area (Å²) in [5, 5.41) is 0. The van der Waals surface area contributed by atoms with Crippen molar-refractivity contribution in [3.63, 3.8) is 0 Å². The summed E-state index contributed by atoms with van der Waals surface area (Å²) in [6.45, 7) is 8.69. The lowest BCUT2D eigenvalue weighted by Crippen LogP contribution is -2.29. The molecule has 0 bridgehead atoms. The van der Waals surface area contributed by atoms with Gasteiger partial charge in [-0.3, -0.25) is 14.6 Å². The largest absolute Gasteiger partial charge is 0.466 e. The van der Waals surface area contributed by atoms with E-state index in [1.54, 1.807) is 6.21 Å². The topological polar surface area (TPSA) is 65.0 Å². The van der Waals surface area contributed by atoms with Crippen molar-refractivity contribution >= 4 is 18.2 Å². The summed E-state index contributed by atoms with van der Waals surface area (Å²) in [6, 6.07) is 0. The fourth-order valence-corrected chi connectivity index (χ4v) is 3.35. The molecule has 2 unspecified atom stereocenters. The fraction of sp³-hybridized carbons (Fsp3) is 0.864. The lowest BCUT2D eigenvalue weighted by molar-refractivity contribution is -0.157. The van der Waals surface area contributed by atoms with Crippen LogP contribution in [0.25, 0.3) is 0 Å². The normalized spacial score (nSPS) is 23.7. The van der Waals surface area contributed by atoms with Gasteiger partial charge in [0.25, 0.3) is 0 Å². The SMILES string of the molecule is CCOC(=O)C1CCCCCCCC(C(=O)OC(C)(C)C)C=NCCCC1. The van der Waals surface area contributed by atoms with E-state index in [2.05, 4.69) is 4.99 Å². The molecule has 0 aromatic heterocycles. The summed E-state index contributed by atoms with van der Waals surface area (Å²) < 4.78 is 10.8. The number of aliphatic imine (C=N–C) groups is 1. The summed E-state index contributed by atoms with van der Waals surface area (Å²) in [4.78, 5) is 29.0. The molecule has 0 amide bonds. The zero-order valence-electron chi connectivity index (χ0n) is 17.8. The quantitative estimate of drug-likeness (QED) is 0.637. The van der Waals surface area contributed by atoms with Crippen molar-refractivity contribution in [1.82, 2.24) is 0 Å². The van der Waals surface area contributed by atoms with E-state index in [9.17, 15) is 9.59 Å². The van der Waals surface area contributed by atoms with Crippen LogP contribution in [0.3, 0.4) is 0 Å². The van der Waals surface area contributed by atoms with Crippen molar-refractivity contribution in [2.45, 2.75) is 97.5 Å². The first-order valence-corrected chi connectivity index (χ1v) is 10.7. The summed E-state index contributed by atoms with van der Waals surface area (Å²) in [7, 11) is 0. The number of carbonyl (C=O) groups is 2. The predicted octanol–water partition coefficient (Wildman–Crippen LogP) is 5.11. The molecule has 27 heavy (non-hydrogen) atoms. The lowest BCUT2D eigenvalue weighted by Gasteiger charge is -2.22. The van der Waals surface area contributed by atoms with E-state index < -0.39 is 5.60 Å². The number of rotatable bonds is 3. The van der Waals surface area contributed by atoms with Gasteiger partial charge in [-0.1, -0.05) is 38.5 Å². The summed E-state index contributed by atoms with van der Waals surface area (Å²) in [5.74, 6) is -0.441. The molecule has 0 spiro atoms. The van der Waals surface area contributed by atoms with E-state index in [0.29, 0.717) is 13.2 Å². The Morgan fingerprint density at radius 1 is 0.926 bits per heavy atom. The number of ether oxygens (including phenoxy) is 2. The number of nitrogens with zero attached hydrogens (tertiary/aromatic N) is 1. The lowest BCUT2D eigenvalue weighted by atomic mass is 9.94. The van der Waals surface area contributed by atoms with Crippen LogP contribution in [0, 0.1) is 11.8 Å². The third kappa shape index (κ3) is 11.1. The van der Waals surface area contributed by atoms with E-state index in [-0.39, 0.29) is 23.8 Å². The Balaban J connectivity index is 2.62. The zero-order valence-corrected chi connectivity index (χ0v) is 17.8. The highest BCUT2D eigenvalue weighted by Crippen LogP contribution is 2.21. The second-order valence-corrected chi connectivity index (χ2v) is 8.49. The van der Waals surface area contributed by atoms with Gasteiger partial charge >= 0.3 is 11.9 Å². The van der Waals surface area contributed by atoms with Gasteiger partial charge in [0.15, 0.2) is 0 Å². The summed E-state index contributed by atoms with van der Waals surface area (Å²) in [6.07, 6.45) is 11.7. The average Bonchev–Trinajstić information content (AvgIpc) is 2.58. The van der Waals surface area contributed by atoms with Crippen molar-refractivity contribution in [3.05, 3.63) is 0 Å². The molecule has 0 N–H and O–H groups in total. The molecule has 0 aliphatic carbocycles. The molecule has 2 atom stereocenters. The van der Waals surface area contributed by atoms with Crippen LogP contribution in [0.5, 0.6) is 0 Å². The van der Waals surface area contributed by atoms with Crippen LogP contribution in [0.4, 0.5) is 0 Å². The van der Waals surface area contributed by atoms with Crippen LogP contribution in [-0.2, 0) is 19.1 Å². The Hall–Kier alpha value is -1.39. The van der Waals surface area contributed by atoms with Crippen molar-refractivity contribution in [2.24, 2.45) is 16.8 Å². The molecule has 1 aliphatic heterocycles. The number of carbonyl (C=O) groups excluding carboxylic acids is 2. The highest BCUT2D eigenvalue weighted by Gasteiger charge is 2.24. The first-order valence-electron chi connectivity index (χ1n) is 10.7. The van der Waals surface area contributed by atoms with Crippen LogP contribution < -0.4 is 0 Å². The summed E-state index contributed by atoms with van der Waals surface area (Å²) in [5.41, 5.74) is -0.468. The van der Waals surface area contributed by atoms with Crippen molar-refractivity contribution in [3.8, 4) is 0 Å². The summed E-state index contributed by atoms with van der Waals surface area (Å²) >= 11 is 0. The molecular weight excluding hydrogens is 342 g/mol. The smallest absolute Gasteiger partial charge is 0.314 e. The molecular formula is C22H39NO4. The maximum atomic E-state index is 12.4. The third-order valence-electron chi connectivity index (χ3n) is 4.77. The molecule has 0 radical (unpaired) electrons. The highest BCUT2D eigenvalue weighted by molar-refractivity contribution is 5.90. The fourth-order valence-electron chi connectivity index (χ4n) is 3.35. The predicted molar refractivity (Wildman–Crippen MR) is 109 cm³/mol. The van der Waals surface area contributed by atoms with Crippen LogP contribution in [0.1, 0.15) is 91.9 Å². The van der Waals surface area contributed by atoms with Crippen LogP contribution in [0.2, 0.25) is 0 Å². The minimum absolute atomic E-state index is 0.0218. The molecule has 0 saturated heterocycles. The molecule has 5 heteroatoms. The molecule has 1 heterocycles. The first kappa shape index (κ1) is 23.6. The minimum Gasteiger partial charge on any atom is -0.466 e. The third-order valence-corrected chi connectivity index (χ3v) is 4.77. The van der Waals surface area contributed by atoms with Gasteiger partial charge in [-0.2, -0.15) is 0 Å². The zero-order chi connectivity index (χ0) is 20.1. The Morgan fingerprint density at radius 3 is 2.15 bits per heavy atom. The maximum absolute atomic E-state index is 12.4. The van der Waals surface area contributed by atoms with E-state index in [4.69, 9.17) is 9.47 Å². The van der Waals surface area contributed by atoms with Gasteiger partial charge in [-0.25, -0.2) is 0 Å². The molecule has 156 valence electrons. The standard InChI is InChI=1S/C22H39NO4/c1-5-26-20(24)18-13-9-7-6-8-10-15-19(17-23-16-12-11-14-18)21(25)27-22(2,3)4/h17-19H,5-16H2,1-4H3. The second kappa shape index (κ2) is 12.9. The first-order chi connectivity index (χ1) is 12.8. The average molecular weight is 382 g/mol. The Morgan fingerprint density at radius 2 is 1.52 bits per heavy atom. The van der Waals surface area contributed by atoms with Gasteiger partial charge in [0.05, 0.1) is 18.4 Å². The van der Waals surface area contributed by atoms with Gasteiger partial charge in [0, 0.05) is 12.8 Å². The van der Waals surface area contributed by atoms with Crippen LogP contribution >= 0.6 is 0 Å². The van der Waals surface area contributed by atoms with Crippen molar-refractivity contribution < 1.29 is 19.1 Å². The molecule has 0 saturated carbocycles. The Kier molecular flexibility index (Phi) is 11.3. The monoisotopic (exact) mass is 381 g/mol. The molecule has 0 aromatic carbocycles. The number of esters is 2. The van der Waals surface area contributed by atoms with Crippen LogP contribution in [-0.4, -0.2) is 36.9 Å². The van der Waals surface area contributed by atoms with Gasteiger partial charge in [-0.05, 0) is 53.4 Å². The van der Waals surface area contributed by atoms with Gasteiger partial charge in [0.1, 0.15) is 5.60 Å². The molecule has 0 fully saturated rings. The van der Waals surface area contributed by atoms with E-state index in [1.165, 1.54) is 0 Å². The molecule has 1 rings (SSSR count). The van der Waals surface area contributed by atoms with Crippen molar-refractivity contribution in [2.75, 3.05) is 13.2 Å². The van der Waals surface area contributed by atoms with E-state index in [1.807, 2.05) is 27.7 Å². The highest BCUT2D eigenvalue weighted by atomic mass is 16.6. The molecule has 0 aromatic rings. The van der Waals surface area contributed by atoms with Gasteiger partial charge in [-0.15, -0.1) is 0 Å². The van der Waals surface area contributed by atoms with Gasteiger partial charge < -0.3 is 9.47 Å².